The van der Waals surface area contributed by atoms with Crippen molar-refractivity contribution >= 4 is 33.9 Å². The fourth-order valence-electron chi connectivity index (χ4n) is 4.40. The molecular formula is C27H34N4O2S. The summed E-state index contributed by atoms with van der Waals surface area (Å²) in [6, 6.07) is 14.4. The van der Waals surface area contributed by atoms with Gasteiger partial charge in [0.2, 0.25) is 0 Å². The maximum absolute atomic E-state index is 12.9. The van der Waals surface area contributed by atoms with Crippen LogP contribution in [0.25, 0.3) is 10.9 Å². The molecule has 1 aromatic heterocycles. The van der Waals surface area contributed by atoms with Crippen molar-refractivity contribution in [3.8, 4) is 0 Å². The number of benzene rings is 2. The second-order valence-corrected chi connectivity index (χ2v) is 9.58. The second kappa shape index (κ2) is 11.1. The van der Waals surface area contributed by atoms with Gasteiger partial charge in [0, 0.05) is 42.9 Å². The Hall–Kier alpha value is -2.74. The van der Waals surface area contributed by atoms with Crippen LogP contribution < -0.4 is 10.9 Å². The molecule has 1 saturated heterocycles. The molecule has 1 fully saturated rings. The lowest BCUT2D eigenvalue weighted by Gasteiger charge is -2.30. The molecule has 0 atom stereocenters. The predicted octanol–water partition coefficient (Wildman–Crippen LogP) is 4.37. The number of H-pyrrole nitrogens is 1. The standard InChI is InChI=1S/C27H34N4O2S/c1-19-5-7-24(21(3)15-19)29-27(34)31(10-4-9-30-11-13-33-14-12-30)18-23-17-22-16-20(2)6-8-25(22)28-26(23)32/h5-8,15-17H,4,9-14,18H2,1-3H3,(H,28,32)(H,29,34). The van der Waals surface area contributed by atoms with Gasteiger partial charge in [-0.15, -0.1) is 0 Å². The number of morpholine rings is 1. The number of aromatic amines is 1. The Labute approximate surface area is 206 Å². The fraction of sp³-hybridized carbons (Fsp3) is 0.407. The lowest BCUT2D eigenvalue weighted by molar-refractivity contribution is 0.0367. The van der Waals surface area contributed by atoms with Gasteiger partial charge in [0.25, 0.3) is 5.56 Å². The minimum Gasteiger partial charge on any atom is -0.379 e. The highest BCUT2D eigenvalue weighted by Crippen LogP contribution is 2.18. The summed E-state index contributed by atoms with van der Waals surface area (Å²) in [4.78, 5) is 20.5. The van der Waals surface area contributed by atoms with Crippen LogP contribution >= 0.6 is 12.2 Å². The largest absolute Gasteiger partial charge is 0.379 e. The van der Waals surface area contributed by atoms with Crippen LogP contribution in [0.4, 0.5) is 5.69 Å². The Morgan fingerprint density at radius 3 is 2.59 bits per heavy atom. The summed E-state index contributed by atoms with van der Waals surface area (Å²) in [6.45, 7) is 12.0. The quantitative estimate of drug-likeness (QED) is 0.492. The Balaban J connectivity index is 1.53. The smallest absolute Gasteiger partial charge is 0.253 e. The van der Waals surface area contributed by atoms with Crippen LogP contribution in [0.3, 0.4) is 0 Å². The molecule has 7 heteroatoms. The average Bonchev–Trinajstić information content (AvgIpc) is 2.81. The van der Waals surface area contributed by atoms with Crippen molar-refractivity contribution in [1.82, 2.24) is 14.8 Å². The molecule has 0 unspecified atom stereocenters. The Morgan fingerprint density at radius 2 is 1.82 bits per heavy atom. The SMILES string of the molecule is Cc1ccc(NC(=S)N(CCCN2CCOCC2)Cc2cc3cc(C)ccc3[nH]c2=O)c(C)c1. The average molecular weight is 479 g/mol. The van der Waals surface area contributed by atoms with Crippen molar-refractivity contribution in [2.24, 2.45) is 0 Å². The maximum Gasteiger partial charge on any atom is 0.253 e. The van der Waals surface area contributed by atoms with Gasteiger partial charge < -0.3 is 19.9 Å². The molecule has 3 aromatic rings. The Morgan fingerprint density at radius 1 is 1.09 bits per heavy atom. The first-order valence-electron chi connectivity index (χ1n) is 11.9. The molecule has 180 valence electrons. The molecule has 34 heavy (non-hydrogen) atoms. The van der Waals surface area contributed by atoms with E-state index >= 15 is 0 Å². The van der Waals surface area contributed by atoms with Gasteiger partial charge in [-0.25, -0.2) is 0 Å². The third-order valence-electron chi connectivity index (χ3n) is 6.35. The van der Waals surface area contributed by atoms with Gasteiger partial charge in [-0.05, 0) is 74.6 Å². The van der Waals surface area contributed by atoms with Crippen LogP contribution in [-0.2, 0) is 11.3 Å². The van der Waals surface area contributed by atoms with E-state index in [4.69, 9.17) is 17.0 Å². The zero-order chi connectivity index (χ0) is 24.1. The van der Waals surface area contributed by atoms with Crippen LogP contribution in [0.15, 0.2) is 47.3 Å². The first kappa shape index (κ1) is 24.4. The molecular weight excluding hydrogens is 444 g/mol. The van der Waals surface area contributed by atoms with E-state index in [1.807, 2.05) is 18.2 Å². The van der Waals surface area contributed by atoms with Gasteiger partial charge in [0.05, 0.1) is 19.8 Å². The molecule has 0 aliphatic carbocycles. The Kier molecular flexibility index (Phi) is 7.98. The molecule has 0 saturated carbocycles. The van der Waals surface area contributed by atoms with E-state index < -0.39 is 0 Å². The highest BCUT2D eigenvalue weighted by atomic mass is 32.1. The van der Waals surface area contributed by atoms with Crippen molar-refractivity contribution in [2.45, 2.75) is 33.7 Å². The number of thiocarbonyl (C=S) groups is 1. The van der Waals surface area contributed by atoms with E-state index in [0.29, 0.717) is 17.2 Å². The molecule has 4 rings (SSSR count). The molecule has 6 nitrogen and oxygen atoms in total. The summed E-state index contributed by atoms with van der Waals surface area (Å²) in [7, 11) is 0. The van der Waals surface area contributed by atoms with E-state index in [9.17, 15) is 4.79 Å². The number of hydrogen-bond donors (Lipinski definition) is 2. The van der Waals surface area contributed by atoms with Crippen molar-refractivity contribution in [2.75, 3.05) is 44.7 Å². The normalized spacial score (nSPS) is 14.3. The third kappa shape index (κ3) is 6.23. The first-order valence-corrected chi connectivity index (χ1v) is 12.4. The summed E-state index contributed by atoms with van der Waals surface area (Å²) in [5.41, 5.74) is 6.04. The highest BCUT2D eigenvalue weighted by molar-refractivity contribution is 7.80. The second-order valence-electron chi connectivity index (χ2n) is 9.19. The number of pyridine rings is 1. The summed E-state index contributed by atoms with van der Waals surface area (Å²) in [6.07, 6.45) is 0.958. The number of rotatable bonds is 7. The molecule has 0 amide bonds. The van der Waals surface area contributed by atoms with Gasteiger partial charge in [-0.1, -0.05) is 29.3 Å². The highest BCUT2D eigenvalue weighted by Gasteiger charge is 2.16. The number of fused-ring (bicyclic) bond motifs is 1. The zero-order valence-electron chi connectivity index (χ0n) is 20.3. The number of hydrogen-bond acceptors (Lipinski definition) is 4. The third-order valence-corrected chi connectivity index (χ3v) is 6.71. The number of nitrogens with zero attached hydrogens (tertiary/aromatic N) is 2. The molecule has 2 N–H and O–H groups in total. The van der Waals surface area contributed by atoms with E-state index in [0.717, 1.165) is 68.0 Å². The first-order chi connectivity index (χ1) is 16.4. The lowest BCUT2D eigenvalue weighted by Crippen LogP contribution is -2.40. The molecule has 2 aromatic carbocycles. The van der Waals surface area contributed by atoms with Crippen molar-refractivity contribution in [3.05, 3.63) is 75.1 Å². The van der Waals surface area contributed by atoms with Crippen LogP contribution in [0, 0.1) is 20.8 Å². The Bertz CT molecular complexity index is 1220. The van der Waals surface area contributed by atoms with E-state index in [1.165, 1.54) is 11.1 Å². The number of nitrogens with one attached hydrogen (secondary N) is 2. The van der Waals surface area contributed by atoms with Gasteiger partial charge in [-0.2, -0.15) is 0 Å². The summed E-state index contributed by atoms with van der Waals surface area (Å²) >= 11 is 5.85. The molecule has 1 aliphatic heterocycles. The van der Waals surface area contributed by atoms with E-state index in [-0.39, 0.29) is 5.56 Å². The van der Waals surface area contributed by atoms with Crippen LogP contribution in [-0.4, -0.2) is 59.3 Å². The van der Waals surface area contributed by atoms with Crippen LogP contribution in [0.1, 0.15) is 28.7 Å². The van der Waals surface area contributed by atoms with Gasteiger partial charge in [0.15, 0.2) is 5.11 Å². The summed E-state index contributed by atoms with van der Waals surface area (Å²) in [5.74, 6) is 0. The van der Waals surface area contributed by atoms with Gasteiger partial charge >= 0.3 is 0 Å². The van der Waals surface area contributed by atoms with E-state index in [2.05, 4.69) is 65.1 Å². The summed E-state index contributed by atoms with van der Waals surface area (Å²) < 4.78 is 5.47. The van der Waals surface area contributed by atoms with Crippen LogP contribution in [0.2, 0.25) is 0 Å². The van der Waals surface area contributed by atoms with Gasteiger partial charge in [-0.3, -0.25) is 9.69 Å². The topological polar surface area (TPSA) is 60.6 Å². The van der Waals surface area contributed by atoms with E-state index in [1.54, 1.807) is 0 Å². The molecule has 2 heterocycles. The molecule has 0 spiro atoms. The minimum atomic E-state index is -0.0659. The predicted molar refractivity (Wildman–Crippen MR) is 144 cm³/mol. The molecule has 0 radical (unpaired) electrons. The minimum absolute atomic E-state index is 0.0659. The lowest BCUT2D eigenvalue weighted by atomic mass is 10.1. The molecule has 0 bridgehead atoms. The van der Waals surface area contributed by atoms with Crippen molar-refractivity contribution < 1.29 is 4.74 Å². The number of anilines is 1. The fourth-order valence-corrected chi connectivity index (χ4v) is 4.67. The van der Waals surface area contributed by atoms with Crippen molar-refractivity contribution in [3.63, 3.8) is 0 Å². The number of ether oxygens (including phenoxy) is 1. The number of aromatic nitrogens is 1. The number of aryl methyl sites for hydroxylation is 3. The van der Waals surface area contributed by atoms with Crippen molar-refractivity contribution in [1.29, 1.82) is 0 Å². The molecule has 1 aliphatic rings. The zero-order valence-corrected chi connectivity index (χ0v) is 21.1. The maximum atomic E-state index is 12.9. The monoisotopic (exact) mass is 478 g/mol. The van der Waals surface area contributed by atoms with Gasteiger partial charge in [0.1, 0.15) is 0 Å². The van der Waals surface area contributed by atoms with Crippen LogP contribution in [0.5, 0.6) is 0 Å². The summed E-state index contributed by atoms with van der Waals surface area (Å²) in [5, 5.41) is 5.10.